The molecule has 1 heterocycles. The molecule has 236 valence electrons. The summed E-state index contributed by atoms with van der Waals surface area (Å²) in [7, 11) is 0. The Labute approximate surface area is 253 Å². The number of nitrogens with two attached hydrogens (primary N) is 1. The van der Waals surface area contributed by atoms with E-state index in [1.807, 2.05) is 0 Å². The number of ether oxygens (including phenoxy) is 2. The number of carboxylic acids is 1. The van der Waals surface area contributed by atoms with Crippen LogP contribution in [0.1, 0.15) is 62.0 Å². The fraction of sp³-hybridized carbons (Fsp3) is 0.419. The number of aromatic nitrogens is 2. The number of aliphatic carboxylic acids is 1. The quantitative estimate of drug-likeness (QED) is 0.130. The number of benzene rings is 2. The van der Waals surface area contributed by atoms with Crippen molar-refractivity contribution in [2.45, 2.75) is 70.1 Å². The maximum atomic E-state index is 13.9. The van der Waals surface area contributed by atoms with Gasteiger partial charge in [0, 0.05) is 5.92 Å². The maximum absolute atomic E-state index is 13.9. The third-order valence-corrected chi connectivity index (χ3v) is 7.04. The lowest BCUT2D eigenvalue weighted by molar-refractivity contribution is -0.171. The highest BCUT2D eigenvalue weighted by atomic mass is 19.1. The minimum Gasteiger partial charge on any atom is -0.481 e. The molecule has 44 heavy (non-hydrogen) atoms. The van der Waals surface area contributed by atoms with Crippen molar-refractivity contribution in [1.29, 1.82) is 0 Å². The number of carboxylic acid groups (broad SMARTS) is 1. The third-order valence-electron chi connectivity index (χ3n) is 7.04. The van der Waals surface area contributed by atoms with Gasteiger partial charge >= 0.3 is 11.9 Å². The average molecular weight is 613 g/mol. The number of rotatable bonds is 17. The number of hydrogen-bond donors (Lipinski definition) is 4. The molecular formula is C31H37FN4O8. The van der Waals surface area contributed by atoms with Gasteiger partial charge in [-0.3, -0.25) is 24.2 Å². The van der Waals surface area contributed by atoms with Gasteiger partial charge in [-0.2, -0.15) is 0 Å². The first kappa shape index (κ1) is 34.0. The van der Waals surface area contributed by atoms with E-state index in [4.69, 9.17) is 20.3 Å². The Morgan fingerprint density at radius 2 is 1.80 bits per heavy atom. The van der Waals surface area contributed by atoms with Crippen LogP contribution in [0.5, 0.6) is 0 Å². The number of carbonyl (C=O) groups is 4. The molecule has 1 aromatic heterocycles. The van der Waals surface area contributed by atoms with E-state index in [9.17, 15) is 28.7 Å². The Morgan fingerprint density at radius 3 is 2.48 bits per heavy atom. The van der Waals surface area contributed by atoms with E-state index in [1.165, 1.54) is 24.4 Å². The van der Waals surface area contributed by atoms with Crippen LogP contribution in [0.2, 0.25) is 0 Å². The van der Waals surface area contributed by atoms with Crippen molar-refractivity contribution in [3.05, 3.63) is 71.8 Å². The average Bonchev–Trinajstić information content (AvgIpc) is 2.97. The fourth-order valence-electron chi connectivity index (χ4n) is 4.47. The van der Waals surface area contributed by atoms with E-state index < -0.39 is 60.0 Å². The van der Waals surface area contributed by atoms with Crippen LogP contribution in [0, 0.1) is 11.7 Å². The number of nitrogens with zero attached hydrogens (tertiary/aromatic N) is 2. The molecule has 13 heteroatoms. The molecule has 5 N–H and O–H groups in total. The zero-order valence-electron chi connectivity index (χ0n) is 24.6. The summed E-state index contributed by atoms with van der Waals surface area (Å²) in [5.41, 5.74) is 6.45. The molecule has 0 saturated heterocycles. The van der Waals surface area contributed by atoms with Gasteiger partial charge in [-0.05, 0) is 69.4 Å². The van der Waals surface area contributed by atoms with Crippen molar-refractivity contribution in [1.82, 2.24) is 15.3 Å². The molecule has 3 aromatic rings. The van der Waals surface area contributed by atoms with Crippen molar-refractivity contribution in [2.24, 2.45) is 11.7 Å². The molecule has 0 fully saturated rings. The normalized spacial score (nSPS) is 13.5. The van der Waals surface area contributed by atoms with Gasteiger partial charge in [-0.15, -0.1) is 0 Å². The predicted octanol–water partition coefficient (Wildman–Crippen LogP) is 2.90. The van der Waals surface area contributed by atoms with E-state index in [0.29, 0.717) is 16.6 Å². The van der Waals surface area contributed by atoms with Gasteiger partial charge in [-0.25, -0.2) is 9.37 Å². The maximum Gasteiger partial charge on any atom is 0.308 e. The third kappa shape index (κ3) is 11.0. The highest BCUT2D eigenvalue weighted by Gasteiger charge is 2.30. The van der Waals surface area contributed by atoms with E-state index in [1.54, 1.807) is 44.2 Å². The summed E-state index contributed by atoms with van der Waals surface area (Å²) in [4.78, 5) is 56.4. The minimum atomic E-state index is -1.26. The molecule has 12 nitrogen and oxygen atoms in total. The Bertz CT molecular complexity index is 1470. The second kappa shape index (κ2) is 15.8. The molecule has 0 aliphatic carbocycles. The summed E-state index contributed by atoms with van der Waals surface area (Å²) >= 11 is 0. The van der Waals surface area contributed by atoms with Crippen LogP contribution in [0.4, 0.5) is 4.39 Å². The van der Waals surface area contributed by atoms with Crippen LogP contribution < -0.4 is 11.1 Å². The van der Waals surface area contributed by atoms with Gasteiger partial charge in [0.05, 0.1) is 47.8 Å². The molecule has 2 amide bonds. The number of nitrogens with one attached hydrogen (secondary N) is 1. The van der Waals surface area contributed by atoms with Crippen LogP contribution >= 0.6 is 0 Å². The number of fused-ring (bicyclic) bond motifs is 1. The number of halogens is 1. The fourth-order valence-corrected chi connectivity index (χ4v) is 4.47. The summed E-state index contributed by atoms with van der Waals surface area (Å²) in [5, 5.41) is 22.7. The Morgan fingerprint density at radius 1 is 1.07 bits per heavy atom. The highest BCUT2D eigenvalue weighted by Crippen LogP contribution is 2.24. The second-order valence-corrected chi connectivity index (χ2v) is 11.0. The minimum absolute atomic E-state index is 0.0224. The molecule has 3 atom stereocenters. The molecule has 0 radical (unpaired) electrons. The first-order valence-corrected chi connectivity index (χ1v) is 14.1. The van der Waals surface area contributed by atoms with Gasteiger partial charge in [0.2, 0.25) is 5.91 Å². The summed E-state index contributed by atoms with van der Waals surface area (Å²) in [6.07, 6.45) is -0.161. The Kier molecular flexibility index (Phi) is 12.2. The Hall–Kier alpha value is -4.49. The number of para-hydroxylation sites is 2. The molecule has 3 rings (SSSR count). The summed E-state index contributed by atoms with van der Waals surface area (Å²) in [5.74, 6) is -4.42. The largest absolute Gasteiger partial charge is 0.481 e. The lowest BCUT2D eigenvalue weighted by Gasteiger charge is -2.29. The standard InChI is InChI=1S/C31H37FN4O8/c1-31(2,44-18-43-28(40)11-10-27(38)39)13-12-20(29(33)41)16-26(37)24(15-19-6-5-7-21(32)14-19)36-30(42)25-17-34-22-8-3-4-9-23(22)35-25/h3-9,14,17,20,24,26,37H,10-13,15-16,18H2,1-2H3,(H2,33,41)(H,36,42)(H,38,39)/t20-,24+,26+/m1/s1. The van der Waals surface area contributed by atoms with Gasteiger partial charge in [0.15, 0.2) is 6.79 Å². The Balaban J connectivity index is 1.67. The monoisotopic (exact) mass is 612 g/mol. The number of aliphatic hydroxyl groups is 1. The first-order chi connectivity index (χ1) is 20.8. The van der Waals surface area contributed by atoms with Crippen LogP contribution in [0.25, 0.3) is 11.0 Å². The lowest BCUT2D eigenvalue weighted by atomic mass is 9.87. The van der Waals surface area contributed by atoms with Gasteiger partial charge in [-0.1, -0.05) is 24.3 Å². The molecule has 0 saturated carbocycles. The highest BCUT2D eigenvalue weighted by molar-refractivity contribution is 5.94. The van der Waals surface area contributed by atoms with Crippen molar-refractivity contribution in [3.8, 4) is 0 Å². The topological polar surface area (TPSA) is 191 Å². The number of esters is 1. The van der Waals surface area contributed by atoms with E-state index in [2.05, 4.69) is 15.3 Å². The molecule has 0 unspecified atom stereocenters. The number of primary amides is 1. The van der Waals surface area contributed by atoms with Crippen LogP contribution in [-0.4, -0.2) is 68.5 Å². The van der Waals surface area contributed by atoms with Crippen molar-refractivity contribution in [3.63, 3.8) is 0 Å². The number of amides is 2. The van der Waals surface area contributed by atoms with Gasteiger partial charge < -0.3 is 30.7 Å². The van der Waals surface area contributed by atoms with Crippen LogP contribution in [0.3, 0.4) is 0 Å². The van der Waals surface area contributed by atoms with E-state index in [-0.39, 0.29) is 44.2 Å². The van der Waals surface area contributed by atoms with Crippen LogP contribution in [-0.2, 0) is 30.3 Å². The zero-order chi connectivity index (χ0) is 32.3. The molecule has 2 aromatic carbocycles. The molecule has 0 aliphatic rings. The van der Waals surface area contributed by atoms with Crippen molar-refractivity contribution >= 4 is 34.8 Å². The summed E-state index contributed by atoms with van der Waals surface area (Å²) in [6, 6.07) is 11.8. The zero-order valence-corrected chi connectivity index (χ0v) is 24.6. The van der Waals surface area contributed by atoms with Crippen molar-refractivity contribution in [2.75, 3.05) is 6.79 Å². The lowest BCUT2D eigenvalue weighted by Crippen LogP contribution is -2.46. The van der Waals surface area contributed by atoms with E-state index >= 15 is 0 Å². The van der Waals surface area contributed by atoms with Crippen molar-refractivity contribution < 1.29 is 43.3 Å². The first-order valence-electron chi connectivity index (χ1n) is 14.1. The van der Waals surface area contributed by atoms with Gasteiger partial charge in [0.1, 0.15) is 11.5 Å². The SMILES string of the molecule is CC(C)(CC[C@H](C[C@H](O)[C@H](Cc1cccc(F)c1)NC(=O)c1cnc2ccccc2n1)C(N)=O)OCOC(=O)CCC(=O)O. The smallest absolute Gasteiger partial charge is 0.308 e. The van der Waals surface area contributed by atoms with Crippen LogP contribution in [0.15, 0.2) is 54.7 Å². The second-order valence-electron chi connectivity index (χ2n) is 11.0. The molecular weight excluding hydrogens is 575 g/mol. The summed E-state index contributed by atoms with van der Waals surface area (Å²) < 4.78 is 24.4. The molecule has 0 aliphatic heterocycles. The van der Waals surface area contributed by atoms with E-state index in [0.717, 1.165) is 0 Å². The predicted molar refractivity (Wildman–Crippen MR) is 156 cm³/mol. The summed E-state index contributed by atoms with van der Waals surface area (Å²) in [6.45, 7) is 3.02. The molecule has 0 spiro atoms. The number of aliphatic hydroxyl groups excluding tert-OH is 1. The number of carbonyl (C=O) groups excluding carboxylic acids is 3. The van der Waals surface area contributed by atoms with Gasteiger partial charge in [0.25, 0.3) is 5.91 Å². The molecule has 0 bridgehead atoms. The number of hydrogen-bond acceptors (Lipinski definition) is 9.